The lowest BCUT2D eigenvalue weighted by Crippen LogP contribution is -2.34. The number of amides is 1. The number of anilines is 1. The number of methoxy groups -OCH3 is 1. The minimum Gasteiger partial charge on any atom is -0.481 e. The number of benzene rings is 1. The Labute approximate surface area is 119 Å². The standard InChI is InChI=1S/C12H15BrN2O4/c1-19-8(5-11(16)17)6-15-12(18)9-3-2-7(13)4-10(9)14/h2-4,8H,5-6,14H2,1H3,(H,15,18)(H,16,17). The Kier molecular flexibility index (Phi) is 5.78. The Hall–Kier alpha value is -1.60. The van der Waals surface area contributed by atoms with Crippen LogP contribution >= 0.6 is 15.9 Å². The number of halogens is 1. The number of carboxylic acids is 1. The molecule has 1 aromatic rings. The molecule has 19 heavy (non-hydrogen) atoms. The molecule has 1 aromatic carbocycles. The van der Waals surface area contributed by atoms with Crippen molar-refractivity contribution in [3.8, 4) is 0 Å². The lowest BCUT2D eigenvalue weighted by molar-refractivity contribution is -0.139. The van der Waals surface area contributed by atoms with Crippen LogP contribution in [0.3, 0.4) is 0 Å². The Morgan fingerprint density at radius 3 is 2.74 bits per heavy atom. The first-order chi connectivity index (χ1) is 8.93. The van der Waals surface area contributed by atoms with Gasteiger partial charge in [-0.3, -0.25) is 9.59 Å². The molecule has 7 heteroatoms. The third-order valence-electron chi connectivity index (χ3n) is 2.48. The fourth-order valence-electron chi connectivity index (χ4n) is 1.48. The van der Waals surface area contributed by atoms with Gasteiger partial charge < -0.3 is 20.9 Å². The molecule has 0 aromatic heterocycles. The molecule has 1 atom stereocenters. The molecule has 0 fully saturated rings. The smallest absolute Gasteiger partial charge is 0.306 e. The maximum absolute atomic E-state index is 11.9. The first kappa shape index (κ1) is 15.5. The minimum atomic E-state index is -0.982. The monoisotopic (exact) mass is 330 g/mol. The molecular weight excluding hydrogens is 316 g/mol. The maximum atomic E-state index is 11.9. The molecule has 1 amide bonds. The predicted octanol–water partition coefficient (Wildman–Crippen LogP) is 1.25. The summed E-state index contributed by atoms with van der Waals surface area (Å²) in [5.74, 6) is -1.35. The van der Waals surface area contributed by atoms with E-state index in [1.54, 1.807) is 18.2 Å². The van der Waals surface area contributed by atoms with Crippen LogP contribution < -0.4 is 11.1 Å². The molecule has 0 saturated carbocycles. The van der Waals surface area contributed by atoms with Gasteiger partial charge in [0, 0.05) is 23.8 Å². The van der Waals surface area contributed by atoms with Crippen molar-refractivity contribution >= 4 is 33.5 Å². The number of aliphatic carboxylic acids is 1. The van der Waals surface area contributed by atoms with Crippen molar-refractivity contribution < 1.29 is 19.4 Å². The number of nitrogen functional groups attached to an aromatic ring is 1. The third kappa shape index (κ3) is 4.88. The Morgan fingerprint density at radius 1 is 1.53 bits per heavy atom. The number of nitrogens with two attached hydrogens (primary N) is 1. The summed E-state index contributed by atoms with van der Waals surface area (Å²) in [5.41, 5.74) is 6.41. The highest BCUT2D eigenvalue weighted by atomic mass is 79.9. The summed E-state index contributed by atoms with van der Waals surface area (Å²) in [6.07, 6.45) is -0.745. The number of rotatable bonds is 6. The Morgan fingerprint density at radius 2 is 2.21 bits per heavy atom. The van der Waals surface area contributed by atoms with Crippen molar-refractivity contribution in [2.75, 3.05) is 19.4 Å². The molecule has 0 aliphatic rings. The van der Waals surface area contributed by atoms with Gasteiger partial charge in [0.1, 0.15) is 0 Å². The number of hydrogen-bond acceptors (Lipinski definition) is 4. The summed E-state index contributed by atoms with van der Waals surface area (Å²) in [5, 5.41) is 11.2. The van der Waals surface area contributed by atoms with Crippen LogP contribution in [0.5, 0.6) is 0 Å². The highest BCUT2D eigenvalue weighted by Gasteiger charge is 2.15. The van der Waals surface area contributed by atoms with Crippen LogP contribution in [0.1, 0.15) is 16.8 Å². The maximum Gasteiger partial charge on any atom is 0.306 e. The van der Waals surface area contributed by atoms with Crippen molar-refractivity contribution in [3.63, 3.8) is 0 Å². The van der Waals surface area contributed by atoms with E-state index in [9.17, 15) is 9.59 Å². The quantitative estimate of drug-likeness (QED) is 0.681. The third-order valence-corrected chi connectivity index (χ3v) is 2.98. The molecule has 0 heterocycles. The molecule has 0 radical (unpaired) electrons. The fraction of sp³-hybridized carbons (Fsp3) is 0.333. The van der Waals surface area contributed by atoms with Gasteiger partial charge in [-0.2, -0.15) is 0 Å². The van der Waals surface area contributed by atoms with E-state index in [2.05, 4.69) is 21.2 Å². The summed E-state index contributed by atoms with van der Waals surface area (Å²) in [4.78, 5) is 22.4. The number of hydrogen-bond donors (Lipinski definition) is 3. The largest absolute Gasteiger partial charge is 0.481 e. The SMILES string of the molecule is COC(CNC(=O)c1ccc(Br)cc1N)CC(=O)O. The van der Waals surface area contributed by atoms with Crippen molar-refractivity contribution in [1.82, 2.24) is 5.32 Å². The van der Waals surface area contributed by atoms with Crippen LogP contribution in [0.15, 0.2) is 22.7 Å². The Bertz CT molecular complexity index is 479. The Balaban J connectivity index is 2.61. The molecule has 0 aliphatic heterocycles. The molecule has 0 saturated heterocycles. The molecule has 0 spiro atoms. The average Bonchev–Trinajstić information content (AvgIpc) is 2.33. The zero-order chi connectivity index (χ0) is 14.4. The van der Waals surface area contributed by atoms with E-state index < -0.39 is 12.1 Å². The average molecular weight is 331 g/mol. The first-order valence-electron chi connectivity index (χ1n) is 5.52. The normalized spacial score (nSPS) is 11.9. The lowest BCUT2D eigenvalue weighted by atomic mass is 10.1. The first-order valence-corrected chi connectivity index (χ1v) is 6.31. The van der Waals surface area contributed by atoms with E-state index in [0.717, 1.165) is 4.47 Å². The van der Waals surface area contributed by atoms with Gasteiger partial charge in [0.2, 0.25) is 0 Å². The minimum absolute atomic E-state index is 0.108. The number of nitrogens with one attached hydrogen (secondary N) is 1. The molecule has 104 valence electrons. The van der Waals surface area contributed by atoms with E-state index in [1.165, 1.54) is 7.11 Å². The van der Waals surface area contributed by atoms with Gasteiger partial charge in [-0.1, -0.05) is 15.9 Å². The molecule has 0 bridgehead atoms. The second kappa shape index (κ2) is 7.10. The molecule has 1 unspecified atom stereocenters. The van der Waals surface area contributed by atoms with Crippen LogP contribution in [0.25, 0.3) is 0 Å². The zero-order valence-corrected chi connectivity index (χ0v) is 11.9. The van der Waals surface area contributed by atoms with E-state index in [4.69, 9.17) is 15.6 Å². The summed E-state index contributed by atoms with van der Waals surface area (Å²) in [6, 6.07) is 4.92. The van der Waals surface area contributed by atoms with Crippen LogP contribution in [0.2, 0.25) is 0 Å². The van der Waals surface area contributed by atoms with Gasteiger partial charge >= 0.3 is 5.97 Å². The molecule has 1 rings (SSSR count). The zero-order valence-electron chi connectivity index (χ0n) is 10.4. The van der Waals surface area contributed by atoms with Gasteiger partial charge in [0.25, 0.3) is 5.91 Å². The molecule has 4 N–H and O–H groups in total. The van der Waals surface area contributed by atoms with Gasteiger partial charge in [-0.25, -0.2) is 0 Å². The van der Waals surface area contributed by atoms with Crippen LogP contribution in [-0.2, 0) is 9.53 Å². The van der Waals surface area contributed by atoms with Crippen LogP contribution in [0, 0.1) is 0 Å². The van der Waals surface area contributed by atoms with Gasteiger partial charge in [-0.15, -0.1) is 0 Å². The van der Waals surface area contributed by atoms with Gasteiger partial charge in [0.15, 0.2) is 0 Å². The second-order valence-corrected chi connectivity index (χ2v) is 4.81. The summed E-state index contributed by atoms with van der Waals surface area (Å²) >= 11 is 3.25. The van der Waals surface area contributed by atoms with E-state index >= 15 is 0 Å². The summed E-state index contributed by atoms with van der Waals surface area (Å²) in [6.45, 7) is 0.108. The molecular formula is C12H15BrN2O4. The van der Waals surface area contributed by atoms with Crippen LogP contribution in [0.4, 0.5) is 5.69 Å². The van der Waals surface area contributed by atoms with Crippen molar-refractivity contribution in [2.24, 2.45) is 0 Å². The predicted molar refractivity (Wildman–Crippen MR) is 73.9 cm³/mol. The number of carbonyl (C=O) groups is 2. The van der Waals surface area contributed by atoms with Gasteiger partial charge in [0.05, 0.1) is 18.1 Å². The second-order valence-electron chi connectivity index (χ2n) is 3.90. The molecule has 0 aliphatic carbocycles. The fourth-order valence-corrected chi connectivity index (χ4v) is 1.85. The van der Waals surface area contributed by atoms with Crippen molar-refractivity contribution in [1.29, 1.82) is 0 Å². The number of carbonyl (C=O) groups excluding carboxylic acids is 1. The van der Waals surface area contributed by atoms with E-state index in [1.807, 2.05) is 0 Å². The molecule has 6 nitrogen and oxygen atoms in total. The number of ether oxygens (including phenoxy) is 1. The summed E-state index contributed by atoms with van der Waals surface area (Å²) < 4.78 is 5.74. The lowest BCUT2D eigenvalue weighted by Gasteiger charge is -2.14. The van der Waals surface area contributed by atoms with E-state index in [-0.39, 0.29) is 18.9 Å². The summed E-state index contributed by atoms with van der Waals surface area (Å²) in [7, 11) is 1.40. The van der Waals surface area contributed by atoms with Crippen LogP contribution in [-0.4, -0.2) is 36.7 Å². The number of carboxylic acid groups (broad SMARTS) is 1. The van der Waals surface area contributed by atoms with Crippen molar-refractivity contribution in [2.45, 2.75) is 12.5 Å². The highest BCUT2D eigenvalue weighted by Crippen LogP contribution is 2.18. The topological polar surface area (TPSA) is 102 Å². The van der Waals surface area contributed by atoms with Gasteiger partial charge in [-0.05, 0) is 18.2 Å². The van der Waals surface area contributed by atoms with Crippen molar-refractivity contribution in [3.05, 3.63) is 28.2 Å². The van der Waals surface area contributed by atoms with E-state index in [0.29, 0.717) is 11.3 Å². The highest BCUT2D eigenvalue weighted by molar-refractivity contribution is 9.10.